The maximum absolute atomic E-state index is 14.3. The van der Waals surface area contributed by atoms with Gasteiger partial charge in [0.15, 0.2) is 0 Å². The zero-order valence-electron chi connectivity index (χ0n) is 17.3. The standard InChI is InChI=1S/C24H30FN3O/c1-18-7-9-19(10-8-18)22(28-15-13-27(2)14-16-28)17-26-23(29)24(11-12-24)20-5-3-4-6-21(20)25/h3-10,22H,11-17H2,1-2H3,(H,26,29). The number of likely N-dealkylation sites (N-methyl/N-ethyl adjacent to an activating group) is 1. The van der Waals surface area contributed by atoms with Crippen LogP contribution in [0.15, 0.2) is 48.5 Å². The number of halogens is 1. The number of hydrogen-bond donors (Lipinski definition) is 1. The number of carbonyl (C=O) groups excluding carboxylic acids is 1. The van der Waals surface area contributed by atoms with E-state index in [0.29, 0.717) is 24.9 Å². The van der Waals surface area contributed by atoms with Crippen molar-refractivity contribution in [2.75, 3.05) is 39.8 Å². The fraction of sp³-hybridized carbons (Fsp3) is 0.458. The number of rotatable bonds is 6. The first-order chi connectivity index (χ1) is 14.0. The molecule has 1 aliphatic heterocycles. The second-order valence-electron chi connectivity index (χ2n) is 8.54. The van der Waals surface area contributed by atoms with Crippen LogP contribution in [0, 0.1) is 12.7 Å². The van der Waals surface area contributed by atoms with Crippen LogP contribution in [0.5, 0.6) is 0 Å². The molecule has 1 atom stereocenters. The molecular weight excluding hydrogens is 365 g/mol. The van der Waals surface area contributed by atoms with E-state index in [2.05, 4.69) is 53.4 Å². The number of amides is 1. The lowest BCUT2D eigenvalue weighted by atomic mass is 9.94. The van der Waals surface area contributed by atoms with E-state index < -0.39 is 5.41 Å². The van der Waals surface area contributed by atoms with Crippen molar-refractivity contribution < 1.29 is 9.18 Å². The number of piperazine rings is 1. The highest BCUT2D eigenvalue weighted by molar-refractivity contribution is 5.91. The Morgan fingerprint density at radius 2 is 1.72 bits per heavy atom. The van der Waals surface area contributed by atoms with Crippen LogP contribution in [0.1, 0.15) is 35.6 Å². The van der Waals surface area contributed by atoms with Gasteiger partial charge in [-0.1, -0.05) is 48.0 Å². The van der Waals surface area contributed by atoms with Gasteiger partial charge in [0.05, 0.1) is 11.5 Å². The third-order valence-corrected chi connectivity index (χ3v) is 6.47. The van der Waals surface area contributed by atoms with Crippen LogP contribution in [0.3, 0.4) is 0 Å². The molecule has 2 fully saturated rings. The molecule has 4 rings (SSSR count). The number of nitrogens with zero attached hydrogens (tertiary/aromatic N) is 2. The molecule has 4 nitrogen and oxygen atoms in total. The SMILES string of the molecule is Cc1ccc(C(CNC(=O)C2(c3ccccc3F)CC2)N2CCN(C)CC2)cc1. The Morgan fingerprint density at radius 1 is 1.07 bits per heavy atom. The number of aryl methyl sites for hydroxylation is 1. The van der Waals surface area contributed by atoms with E-state index in [9.17, 15) is 9.18 Å². The summed E-state index contributed by atoms with van der Waals surface area (Å²) < 4.78 is 14.3. The first-order valence-corrected chi connectivity index (χ1v) is 10.5. The summed E-state index contributed by atoms with van der Waals surface area (Å²) in [7, 11) is 2.14. The molecule has 5 heteroatoms. The molecule has 2 aromatic carbocycles. The van der Waals surface area contributed by atoms with Crippen molar-refractivity contribution in [2.24, 2.45) is 0 Å². The Labute approximate surface area is 172 Å². The minimum absolute atomic E-state index is 0.0474. The quantitative estimate of drug-likeness (QED) is 0.815. The van der Waals surface area contributed by atoms with Crippen molar-refractivity contribution in [2.45, 2.75) is 31.2 Å². The van der Waals surface area contributed by atoms with Crippen molar-refractivity contribution >= 4 is 5.91 Å². The van der Waals surface area contributed by atoms with E-state index in [0.717, 1.165) is 26.2 Å². The topological polar surface area (TPSA) is 35.6 Å². The van der Waals surface area contributed by atoms with E-state index in [4.69, 9.17) is 0 Å². The molecule has 0 spiro atoms. The van der Waals surface area contributed by atoms with Crippen LogP contribution in [0.4, 0.5) is 4.39 Å². The third-order valence-electron chi connectivity index (χ3n) is 6.47. The highest BCUT2D eigenvalue weighted by Gasteiger charge is 2.52. The minimum atomic E-state index is -0.689. The summed E-state index contributed by atoms with van der Waals surface area (Å²) in [5.41, 5.74) is 2.29. The van der Waals surface area contributed by atoms with E-state index in [1.807, 2.05) is 6.07 Å². The summed E-state index contributed by atoms with van der Waals surface area (Å²) in [4.78, 5) is 17.9. The molecule has 0 radical (unpaired) electrons. The first-order valence-electron chi connectivity index (χ1n) is 10.5. The second kappa shape index (κ2) is 8.25. The third kappa shape index (κ3) is 4.21. The summed E-state index contributed by atoms with van der Waals surface area (Å²) in [5, 5.41) is 3.17. The van der Waals surface area contributed by atoms with Gasteiger partial charge in [-0.15, -0.1) is 0 Å². The number of carbonyl (C=O) groups is 1. The second-order valence-corrected chi connectivity index (χ2v) is 8.54. The maximum atomic E-state index is 14.3. The van der Waals surface area contributed by atoms with Gasteiger partial charge in [0.25, 0.3) is 0 Å². The van der Waals surface area contributed by atoms with Gasteiger partial charge in [0, 0.05) is 38.3 Å². The smallest absolute Gasteiger partial charge is 0.230 e. The lowest BCUT2D eigenvalue weighted by Crippen LogP contribution is -2.49. The van der Waals surface area contributed by atoms with Crippen LogP contribution < -0.4 is 5.32 Å². The van der Waals surface area contributed by atoms with Crippen molar-refractivity contribution in [3.63, 3.8) is 0 Å². The van der Waals surface area contributed by atoms with E-state index in [1.165, 1.54) is 17.2 Å². The minimum Gasteiger partial charge on any atom is -0.353 e. The lowest BCUT2D eigenvalue weighted by molar-refractivity contribution is -0.124. The van der Waals surface area contributed by atoms with Crippen molar-refractivity contribution in [1.29, 1.82) is 0 Å². The zero-order valence-corrected chi connectivity index (χ0v) is 17.3. The number of benzene rings is 2. The van der Waals surface area contributed by atoms with Gasteiger partial charge in [0.1, 0.15) is 5.82 Å². The summed E-state index contributed by atoms with van der Waals surface area (Å²) in [5.74, 6) is -0.330. The van der Waals surface area contributed by atoms with Crippen LogP contribution in [0.2, 0.25) is 0 Å². The zero-order chi connectivity index (χ0) is 20.4. The molecule has 1 amide bonds. The van der Waals surface area contributed by atoms with Gasteiger partial charge >= 0.3 is 0 Å². The van der Waals surface area contributed by atoms with Crippen molar-refractivity contribution in [3.8, 4) is 0 Å². The van der Waals surface area contributed by atoms with Gasteiger partial charge < -0.3 is 10.2 Å². The fourth-order valence-electron chi connectivity index (χ4n) is 4.33. The lowest BCUT2D eigenvalue weighted by Gasteiger charge is -2.38. The van der Waals surface area contributed by atoms with Crippen LogP contribution in [-0.4, -0.2) is 55.5 Å². The Hall–Kier alpha value is -2.24. The molecule has 2 aromatic rings. The largest absolute Gasteiger partial charge is 0.353 e. The molecule has 1 heterocycles. The summed E-state index contributed by atoms with van der Waals surface area (Å²) >= 11 is 0. The van der Waals surface area contributed by atoms with Gasteiger partial charge in [0.2, 0.25) is 5.91 Å². The van der Waals surface area contributed by atoms with E-state index in [1.54, 1.807) is 12.1 Å². The average molecular weight is 396 g/mol. The number of hydrogen-bond acceptors (Lipinski definition) is 3. The normalized spacial score (nSPS) is 20.2. The molecule has 29 heavy (non-hydrogen) atoms. The maximum Gasteiger partial charge on any atom is 0.230 e. The molecule has 1 aliphatic carbocycles. The molecule has 154 valence electrons. The summed E-state index contributed by atoms with van der Waals surface area (Å²) in [6.45, 7) is 6.63. The predicted octanol–water partition coefficient (Wildman–Crippen LogP) is 3.27. The van der Waals surface area contributed by atoms with Gasteiger partial charge in [-0.2, -0.15) is 0 Å². The Balaban J connectivity index is 1.50. The molecule has 2 aliphatic rings. The highest BCUT2D eigenvalue weighted by Crippen LogP contribution is 2.49. The van der Waals surface area contributed by atoms with Crippen LogP contribution >= 0.6 is 0 Å². The Morgan fingerprint density at radius 3 is 2.34 bits per heavy atom. The molecule has 0 aromatic heterocycles. The van der Waals surface area contributed by atoms with E-state index in [-0.39, 0.29) is 17.8 Å². The Kier molecular flexibility index (Phi) is 5.70. The molecular formula is C24H30FN3O. The van der Waals surface area contributed by atoms with Crippen LogP contribution in [-0.2, 0) is 10.2 Å². The van der Waals surface area contributed by atoms with Gasteiger partial charge in [-0.25, -0.2) is 4.39 Å². The molecule has 1 unspecified atom stereocenters. The molecule has 1 saturated heterocycles. The number of nitrogens with one attached hydrogen (secondary N) is 1. The molecule has 0 bridgehead atoms. The monoisotopic (exact) mass is 395 g/mol. The summed E-state index contributed by atoms with van der Waals surface area (Å²) in [6, 6.07) is 15.4. The predicted molar refractivity (Wildman–Crippen MR) is 113 cm³/mol. The van der Waals surface area contributed by atoms with E-state index >= 15 is 0 Å². The highest BCUT2D eigenvalue weighted by atomic mass is 19.1. The first kappa shape index (κ1) is 20.0. The molecule has 1 saturated carbocycles. The van der Waals surface area contributed by atoms with Gasteiger partial charge in [-0.3, -0.25) is 9.69 Å². The molecule has 1 N–H and O–H groups in total. The van der Waals surface area contributed by atoms with Crippen LogP contribution in [0.25, 0.3) is 0 Å². The van der Waals surface area contributed by atoms with Gasteiger partial charge in [-0.05, 0) is 38.4 Å². The van der Waals surface area contributed by atoms with Crippen molar-refractivity contribution in [1.82, 2.24) is 15.1 Å². The van der Waals surface area contributed by atoms with Crippen molar-refractivity contribution in [3.05, 3.63) is 71.0 Å². The summed E-state index contributed by atoms with van der Waals surface area (Å²) in [6.07, 6.45) is 1.42. The Bertz CT molecular complexity index is 855. The average Bonchev–Trinajstić information content (AvgIpc) is 3.53. The fourth-order valence-corrected chi connectivity index (χ4v) is 4.33.